The summed E-state index contributed by atoms with van der Waals surface area (Å²) in [4.78, 5) is 14.7. The fourth-order valence-corrected chi connectivity index (χ4v) is 5.94. The van der Waals surface area contributed by atoms with Crippen molar-refractivity contribution in [2.75, 3.05) is 19.7 Å². The molecule has 1 N–H and O–H groups in total. The molecule has 2 heterocycles. The van der Waals surface area contributed by atoms with Gasteiger partial charge in [-0.05, 0) is 44.4 Å². The van der Waals surface area contributed by atoms with E-state index in [1.54, 1.807) is 4.90 Å². The summed E-state index contributed by atoms with van der Waals surface area (Å²) in [7, 11) is 0. The Hall–Kier alpha value is -3.07. The van der Waals surface area contributed by atoms with Crippen LogP contribution in [0.15, 0.2) is 91.0 Å². The monoisotopic (exact) mass is 545 g/mol. The van der Waals surface area contributed by atoms with Crippen molar-refractivity contribution in [2.24, 2.45) is 0 Å². The van der Waals surface area contributed by atoms with Crippen molar-refractivity contribution in [2.45, 2.75) is 69.6 Å². The van der Waals surface area contributed by atoms with Crippen molar-refractivity contribution in [1.82, 2.24) is 4.90 Å². The number of hydrogen-bond donors (Lipinski definition) is 1. The van der Waals surface area contributed by atoms with Crippen LogP contribution in [0, 0.1) is 0 Å². The number of amides is 1. The summed E-state index contributed by atoms with van der Waals surface area (Å²) in [6, 6.07) is 30.3. The van der Waals surface area contributed by atoms with Gasteiger partial charge in [0.2, 0.25) is 0 Å². The van der Waals surface area contributed by atoms with Crippen molar-refractivity contribution < 1.29 is 28.8 Å². The molecule has 40 heavy (non-hydrogen) atoms. The van der Waals surface area contributed by atoms with Crippen LogP contribution in [0.1, 0.15) is 44.4 Å². The second-order valence-electron chi connectivity index (χ2n) is 10.7. The predicted molar refractivity (Wildman–Crippen MR) is 152 cm³/mol. The van der Waals surface area contributed by atoms with Gasteiger partial charge < -0.3 is 29.0 Å². The molecule has 7 heteroatoms. The fraction of sp³-hybridized carbons (Fsp3) is 0.424. The van der Waals surface area contributed by atoms with Gasteiger partial charge in [0.25, 0.3) is 5.91 Å². The molecule has 2 saturated heterocycles. The second-order valence-corrected chi connectivity index (χ2v) is 10.7. The van der Waals surface area contributed by atoms with Crippen LogP contribution in [-0.2, 0) is 29.3 Å². The summed E-state index contributed by atoms with van der Waals surface area (Å²) in [5, 5.41) is 11.2. The standard InChI is InChI=1S/C33H39NO6/c1-5-34(6-2)31(36)27(35)29-30-28(39-32(3,4)40-30)26(38-29)22-37-33(23-16-10-7-11-17-23,24-18-12-8-13-19-24)25-20-14-9-15-21-25/h7-21,26-30,35H,5-6,22H2,1-4H3/t26-,27+,28-,29+,30-/m1/s1. The SMILES string of the molecule is CCN(CC)C(=O)[C@@H](O)[C@@H]1O[C@H](COC(c2ccccc2)(c2ccccc2)c2ccccc2)[C@H]2OC(C)(C)O[C@@H]12. The molecule has 0 radical (unpaired) electrons. The van der Waals surface area contributed by atoms with E-state index in [-0.39, 0.29) is 12.5 Å². The Kier molecular flexibility index (Phi) is 8.40. The number of aliphatic hydroxyl groups excluding tert-OH is 1. The fourth-order valence-electron chi connectivity index (χ4n) is 5.94. The summed E-state index contributed by atoms with van der Waals surface area (Å²) in [5.74, 6) is -1.26. The zero-order valence-electron chi connectivity index (χ0n) is 23.6. The molecule has 2 fully saturated rings. The van der Waals surface area contributed by atoms with Gasteiger partial charge in [-0.25, -0.2) is 0 Å². The highest BCUT2D eigenvalue weighted by atomic mass is 16.8. The average Bonchev–Trinajstić information content (AvgIpc) is 3.48. The molecule has 0 saturated carbocycles. The number of nitrogens with zero attached hydrogens (tertiary/aromatic N) is 1. The number of likely N-dealkylation sites (N-methyl/N-ethyl adjacent to an activating group) is 1. The molecule has 2 aliphatic rings. The lowest BCUT2D eigenvalue weighted by Gasteiger charge is -2.37. The Bertz CT molecular complexity index is 1150. The van der Waals surface area contributed by atoms with Crippen LogP contribution in [0.25, 0.3) is 0 Å². The largest absolute Gasteiger partial charge is 0.380 e. The third kappa shape index (κ3) is 5.32. The van der Waals surface area contributed by atoms with Crippen molar-refractivity contribution >= 4 is 5.91 Å². The Morgan fingerprint density at radius 2 is 1.30 bits per heavy atom. The van der Waals surface area contributed by atoms with E-state index in [0.717, 1.165) is 16.7 Å². The van der Waals surface area contributed by atoms with Gasteiger partial charge >= 0.3 is 0 Å². The van der Waals surface area contributed by atoms with Gasteiger partial charge in [0.15, 0.2) is 11.9 Å². The summed E-state index contributed by atoms with van der Waals surface area (Å²) in [6.45, 7) is 8.58. The molecule has 0 aromatic heterocycles. The van der Waals surface area contributed by atoms with Crippen LogP contribution >= 0.6 is 0 Å². The molecule has 1 amide bonds. The minimum atomic E-state index is -1.38. The summed E-state index contributed by atoms with van der Waals surface area (Å²) in [6.07, 6.45) is -3.96. The van der Waals surface area contributed by atoms with Crippen molar-refractivity contribution in [1.29, 1.82) is 0 Å². The van der Waals surface area contributed by atoms with Gasteiger partial charge in [-0.15, -0.1) is 0 Å². The Balaban J connectivity index is 1.50. The molecule has 2 aliphatic heterocycles. The first kappa shape index (κ1) is 28.5. The highest BCUT2D eigenvalue weighted by Crippen LogP contribution is 2.44. The predicted octanol–water partition coefficient (Wildman–Crippen LogP) is 4.51. The maximum absolute atomic E-state index is 13.1. The van der Waals surface area contributed by atoms with Crippen LogP contribution in [-0.4, -0.2) is 71.9 Å². The van der Waals surface area contributed by atoms with E-state index in [0.29, 0.717) is 13.1 Å². The first-order chi connectivity index (χ1) is 19.3. The molecule has 7 nitrogen and oxygen atoms in total. The number of carbonyl (C=O) groups excluding carboxylic acids is 1. The number of rotatable bonds is 10. The van der Waals surface area contributed by atoms with Crippen molar-refractivity contribution in [3.05, 3.63) is 108 Å². The Morgan fingerprint density at radius 1 is 0.850 bits per heavy atom. The summed E-state index contributed by atoms with van der Waals surface area (Å²) in [5.41, 5.74) is 1.98. The lowest BCUT2D eigenvalue weighted by molar-refractivity contribution is -0.207. The topological polar surface area (TPSA) is 77.5 Å². The van der Waals surface area contributed by atoms with Crippen LogP contribution < -0.4 is 0 Å². The van der Waals surface area contributed by atoms with E-state index in [9.17, 15) is 9.90 Å². The van der Waals surface area contributed by atoms with Gasteiger partial charge in [-0.1, -0.05) is 91.0 Å². The highest BCUT2D eigenvalue weighted by Gasteiger charge is 2.58. The van der Waals surface area contributed by atoms with Gasteiger partial charge in [0.1, 0.15) is 30.0 Å². The quantitative estimate of drug-likeness (QED) is 0.378. The van der Waals surface area contributed by atoms with Gasteiger partial charge in [-0.2, -0.15) is 0 Å². The van der Waals surface area contributed by atoms with E-state index in [1.807, 2.05) is 82.3 Å². The Labute approximate surface area is 236 Å². The molecule has 0 aliphatic carbocycles. The zero-order valence-corrected chi connectivity index (χ0v) is 23.6. The molecule has 212 valence electrons. The van der Waals surface area contributed by atoms with E-state index >= 15 is 0 Å². The summed E-state index contributed by atoms with van der Waals surface area (Å²) < 4.78 is 25.8. The van der Waals surface area contributed by atoms with E-state index in [4.69, 9.17) is 18.9 Å². The maximum atomic E-state index is 13.1. The molecule has 5 atom stereocenters. The zero-order chi connectivity index (χ0) is 28.3. The molecule has 0 unspecified atom stereocenters. The smallest absolute Gasteiger partial charge is 0.254 e. The normalized spacial score (nSPS) is 24.4. The van der Waals surface area contributed by atoms with Gasteiger partial charge in [0, 0.05) is 13.1 Å². The minimum Gasteiger partial charge on any atom is -0.380 e. The molecule has 5 rings (SSSR count). The van der Waals surface area contributed by atoms with Crippen LogP contribution in [0.3, 0.4) is 0 Å². The number of fused-ring (bicyclic) bond motifs is 1. The molecule has 3 aromatic carbocycles. The van der Waals surface area contributed by atoms with Crippen molar-refractivity contribution in [3.63, 3.8) is 0 Å². The first-order valence-corrected chi connectivity index (χ1v) is 14.1. The lowest BCUT2D eigenvalue weighted by Crippen LogP contribution is -2.49. The minimum absolute atomic E-state index is 0.141. The maximum Gasteiger partial charge on any atom is 0.254 e. The van der Waals surface area contributed by atoms with Crippen LogP contribution in [0.2, 0.25) is 0 Å². The molecule has 0 spiro atoms. The average molecular weight is 546 g/mol. The van der Waals surface area contributed by atoms with Crippen LogP contribution in [0.5, 0.6) is 0 Å². The lowest BCUT2D eigenvalue weighted by atomic mass is 9.80. The number of benzene rings is 3. The molecular formula is C33H39NO6. The third-order valence-electron chi connectivity index (χ3n) is 7.83. The van der Waals surface area contributed by atoms with Crippen LogP contribution in [0.4, 0.5) is 0 Å². The van der Waals surface area contributed by atoms with E-state index < -0.39 is 41.9 Å². The van der Waals surface area contributed by atoms with E-state index in [2.05, 4.69) is 36.4 Å². The molecular weight excluding hydrogens is 506 g/mol. The number of ether oxygens (including phenoxy) is 4. The Morgan fingerprint density at radius 3 is 1.75 bits per heavy atom. The molecule has 0 bridgehead atoms. The van der Waals surface area contributed by atoms with Gasteiger partial charge in [0.05, 0.1) is 6.61 Å². The summed E-state index contributed by atoms with van der Waals surface area (Å²) >= 11 is 0. The second kappa shape index (κ2) is 11.8. The van der Waals surface area contributed by atoms with E-state index in [1.165, 1.54) is 0 Å². The van der Waals surface area contributed by atoms with Gasteiger partial charge in [-0.3, -0.25) is 4.79 Å². The first-order valence-electron chi connectivity index (χ1n) is 14.1. The molecule has 3 aromatic rings. The number of aliphatic hydroxyl groups is 1. The number of carbonyl (C=O) groups is 1. The highest BCUT2D eigenvalue weighted by molar-refractivity contribution is 5.81. The third-order valence-corrected chi connectivity index (χ3v) is 7.83. The number of hydrogen-bond acceptors (Lipinski definition) is 6. The van der Waals surface area contributed by atoms with Crippen molar-refractivity contribution in [3.8, 4) is 0 Å².